The van der Waals surface area contributed by atoms with Gasteiger partial charge < -0.3 is 5.11 Å². The predicted molar refractivity (Wildman–Crippen MR) is 62.2 cm³/mol. The number of nitrogens with zero attached hydrogens (tertiary/aromatic N) is 1. The summed E-state index contributed by atoms with van der Waals surface area (Å²) in [6.07, 6.45) is 3.72. The summed E-state index contributed by atoms with van der Waals surface area (Å²) in [4.78, 5) is 9.67. The van der Waals surface area contributed by atoms with Crippen molar-refractivity contribution in [3.63, 3.8) is 0 Å². The van der Waals surface area contributed by atoms with Crippen LogP contribution in [0.15, 0.2) is 18.2 Å². The van der Waals surface area contributed by atoms with E-state index in [0.29, 0.717) is 18.2 Å². The van der Waals surface area contributed by atoms with Crippen LogP contribution in [0, 0.1) is 15.9 Å². The van der Waals surface area contributed by atoms with Gasteiger partial charge in [-0.05, 0) is 18.2 Å². The minimum Gasteiger partial charge on any atom is -0.502 e. The Kier molecular flexibility index (Phi) is 4.30. The fourth-order valence-electron chi connectivity index (χ4n) is 1.16. The van der Waals surface area contributed by atoms with Gasteiger partial charge >= 0.3 is 5.69 Å². The molecular weight excluding hydrogens is 233 g/mol. The van der Waals surface area contributed by atoms with Gasteiger partial charge in [-0.1, -0.05) is 12.2 Å². The van der Waals surface area contributed by atoms with Crippen molar-refractivity contribution in [3.05, 3.63) is 39.7 Å². The molecule has 0 atom stereocenters. The van der Waals surface area contributed by atoms with Crippen LogP contribution in [-0.2, 0) is 0 Å². The molecule has 1 aromatic rings. The van der Waals surface area contributed by atoms with Gasteiger partial charge in [0.2, 0.25) is 5.75 Å². The highest BCUT2D eigenvalue weighted by Gasteiger charge is 2.17. The summed E-state index contributed by atoms with van der Waals surface area (Å²) >= 11 is 3.97. The summed E-state index contributed by atoms with van der Waals surface area (Å²) in [6, 6.07) is 1.72. The van der Waals surface area contributed by atoms with Gasteiger partial charge in [0.05, 0.1) is 11.0 Å². The number of rotatable bonds is 4. The number of nitro groups is 1. The van der Waals surface area contributed by atoms with Crippen LogP contribution in [0.1, 0.15) is 12.0 Å². The molecule has 6 heteroatoms. The van der Waals surface area contributed by atoms with Crippen molar-refractivity contribution in [2.24, 2.45) is 0 Å². The highest BCUT2D eigenvalue weighted by atomic mass is 32.1. The Morgan fingerprint density at radius 2 is 2.25 bits per heavy atom. The number of aromatic hydroxyl groups is 1. The average Bonchev–Trinajstić information content (AvgIpc) is 2.22. The molecule has 0 aliphatic heterocycles. The number of phenolic OH excluding ortho intramolecular Hbond substituents is 1. The fourth-order valence-corrected chi connectivity index (χ4v) is 1.31. The molecule has 0 unspecified atom stereocenters. The van der Waals surface area contributed by atoms with E-state index in [1.54, 1.807) is 6.08 Å². The van der Waals surface area contributed by atoms with E-state index in [4.69, 9.17) is 0 Å². The smallest absolute Gasteiger partial charge is 0.314 e. The SMILES string of the molecule is O=[N+]([O-])c1cc(F)cc(C=CCCS)c1O. The lowest BCUT2D eigenvalue weighted by atomic mass is 10.1. The Morgan fingerprint density at radius 1 is 1.56 bits per heavy atom. The molecule has 1 aromatic carbocycles. The molecule has 0 aliphatic rings. The molecular formula is C10H10FNO3S. The van der Waals surface area contributed by atoms with Crippen molar-refractivity contribution < 1.29 is 14.4 Å². The second-order valence-corrected chi connectivity index (χ2v) is 3.48. The lowest BCUT2D eigenvalue weighted by Crippen LogP contribution is -1.92. The number of hydrogen-bond donors (Lipinski definition) is 2. The molecule has 0 heterocycles. The summed E-state index contributed by atoms with van der Waals surface area (Å²) in [5, 5.41) is 20.0. The largest absolute Gasteiger partial charge is 0.502 e. The topological polar surface area (TPSA) is 63.4 Å². The van der Waals surface area contributed by atoms with Crippen LogP contribution < -0.4 is 0 Å². The molecule has 0 saturated carbocycles. The fraction of sp³-hybridized carbons (Fsp3) is 0.200. The number of benzene rings is 1. The highest BCUT2D eigenvalue weighted by Crippen LogP contribution is 2.31. The minimum atomic E-state index is -0.825. The van der Waals surface area contributed by atoms with Crippen molar-refractivity contribution in [1.29, 1.82) is 0 Å². The second-order valence-electron chi connectivity index (χ2n) is 3.03. The molecule has 1 N–H and O–H groups in total. The van der Waals surface area contributed by atoms with Crippen LogP contribution in [0.2, 0.25) is 0 Å². The van der Waals surface area contributed by atoms with Gasteiger partial charge in [0.15, 0.2) is 0 Å². The standard InChI is InChI=1S/C10H10FNO3S/c11-8-5-7(3-1-2-4-16)10(13)9(6-8)12(14)15/h1,3,5-6,13,16H,2,4H2. The molecule has 4 nitrogen and oxygen atoms in total. The van der Waals surface area contributed by atoms with Crippen molar-refractivity contribution >= 4 is 24.4 Å². The van der Waals surface area contributed by atoms with E-state index in [-0.39, 0.29) is 5.56 Å². The average molecular weight is 243 g/mol. The van der Waals surface area contributed by atoms with Gasteiger partial charge in [0.25, 0.3) is 0 Å². The lowest BCUT2D eigenvalue weighted by Gasteiger charge is -2.00. The van der Waals surface area contributed by atoms with Gasteiger partial charge in [-0.2, -0.15) is 12.6 Å². The highest BCUT2D eigenvalue weighted by molar-refractivity contribution is 7.80. The number of hydrogen-bond acceptors (Lipinski definition) is 4. The first kappa shape index (κ1) is 12.5. The first-order valence-corrected chi connectivity index (χ1v) is 5.13. The van der Waals surface area contributed by atoms with Crippen LogP contribution in [0.25, 0.3) is 6.08 Å². The maximum absolute atomic E-state index is 13.0. The van der Waals surface area contributed by atoms with Crippen LogP contribution in [0.3, 0.4) is 0 Å². The van der Waals surface area contributed by atoms with E-state index in [2.05, 4.69) is 12.6 Å². The number of halogens is 1. The third kappa shape index (κ3) is 2.96. The Hall–Kier alpha value is -1.56. The van der Waals surface area contributed by atoms with E-state index in [1.807, 2.05) is 0 Å². The van der Waals surface area contributed by atoms with Crippen molar-refractivity contribution in [2.45, 2.75) is 6.42 Å². The van der Waals surface area contributed by atoms with Gasteiger partial charge in [-0.3, -0.25) is 10.1 Å². The van der Waals surface area contributed by atoms with Crippen molar-refractivity contribution in [3.8, 4) is 5.75 Å². The molecule has 0 spiro atoms. The molecule has 0 aromatic heterocycles. The van der Waals surface area contributed by atoms with Crippen LogP contribution in [-0.4, -0.2) is 15.8 Å². The maximum Gasteiger partial charge on any atom is 0.314 e. The van der Waals surface area contributed by atoms with Crippen LogP contribution in [0.5, 0.6) is 5.75 Å². The number of allylic oxidation sites excluding steroid dienone is 1. The summed E-state index contributed by atoms with van der Waals surface area (Å²) in [6.45, 7) is 0. The molecule has 0 amide bonds. The van der Waals surface area contributed by atoms with E-state index >= 15 is 0 Å². The molecule has 0 radical (unpaired) electrons. The zero-order valence-electron chi connectivity index (χ0n) is 8.26. The minimum absolute atomic E-state index is 0.0912. The predicted octanol–water partition coefficient (Wildman–Crippen LogP) is 2.77. The molecule has 0 aliphatic carbocycles. The molecule has 16 heavy (non-hydrogen) atoms. The zero-order chi connectivity index (χ0) is 12.1. The number of phenols is 1. The molecule has 0 bridgehead atoms. The van der Waals surface area contributed by atoms with Crippen molar-refractivity contribution in [1.82, 2.24) is 0 Å². The summed E-state index contributed by atoms with van der Waals surface area (Å²) in [5.74, 6) is -0.675. The first-order chi connectivity index (χ1) is 7.56. The quantitative estimate of drug-likeness (QED) is 0.485. The van der Waals surface area contributed by atoms with E-state index < -0.39 is 22.2 Å². The lowest BCUT2D eigenvalue weighted by molar-refractivity contribution is -0.386. The number of thiol groups is 1. The van der Waals surface area contributed by atoms with Gasteiger partial charge in [-0.25, -0.2) is 4.39 Å². The number of nitro benzene ring substituents is 1. The van der Waals surface area contributed by atoms with E-state index in [1.165, 1.54) is 6.08 Å². The zero-order valence-corrected chi connectivity index (χ0v) is 9.15. The summed E-state index contributed by atoms with van der Waals surface area (Å²) in [7, 11) is 0. The molecule has 1 rings (SSSR count). The van der Waals surface area contributed by atoms with Gasteiger partial charge in [0.1, 0.15) is 5.82 Å². The van der Waals surface area contributed by atoms with Crippen molar-refractivity contribution in [2.75, 3.05) is 5.75 Å². The Bertz CT molecular complexity index is 434. The van der Waals surface area contributed by atoms with E-state index in [9.17, 15) is 19.6 Å². The van der Waals surface area contributed by atoms with E-state index in [0.717, 1.165) is 6.07 Å². The molecule has 0 fully saturated rings. The molecule has 86 valence electrons. The Morgan fingerprint density at radius 3 is 2.81 bits per heavy atom. The summed E-state index contributed by atoms with van der Waals surface area (Å²) < 4.78 is 13.0. The normalized spacial score (nSPS) is 10.9. The van der Waals surface area contributed by atoms with Crippen LogP contribution >= 0.6 is 12.6 Å². The second kappa shape index (κ2) is 5.50. The third-order valence-electron chi connectivity index (χ3n) is 1.87. The first-order valence-electron chi connectivity index (χ1n) is 4.50. The monoisotopic (exact) mass is 243 g/mol. The maximum atomic E-state index is 13.0. The Labute approximate surface area is 97.0 Å². The van der Waals surface area contributed by atoms with Crippen LogP contribution in [0.4, 0.5) is 10.1 Å². The van der Waals surface area contributed by atoms with Gasteiger partial charge in [-0.15, -0.1) is 0 Å². The summed E-state index contributed by atoms with van der Waals surface area (Å²) in [5.41, 5.74) is -0.543. The molecule has 0 saturated heterocycles. The third-order valence-corrected chi connectivity index (χ3v) is 2.13. The Balaban J connectivity index is 3.14. The van der Waals surface area contributed by atoms with Gasteiger partial charge in [0, 0.05) is 5.56 Å².